The Kier molecular flexibility index (Phi) is 6.68. The van der Waals surface area contributed by atoms with E-state index in [9.17, 15) is 18.0 Å². The van der Waals surface area contributed by atoms with Crippen molar-refractivity contribution in [2.45, 2.75) is 35.4 Å². The Bertz CT molecular complexity index is 1130. The second-order valence-corrected chi connectivity index (χ2v) is 10.4. The average molecular weight is 475 g/mol. The molecule has 0 aliphatic carbocycles. The highest BCUT2D eigenvalue weighted by Gasteiger charge is 2.52. The molecule has 2 aliphatic heterocycles. The first-order chi connectivity index (χ1) is 15.9. The van der Waals surface area contributed by atoms with E-state index in [0.717, 1.165) is 11.1 Å². The van der Waals surface area contributed by atoms with E-state index in [2.05, 4.69) is 0 Å². The molecule has 2 N–H and O–H groups in total. The van der Waals surface area contributed by atoms with E-state index in [1.165, 1.54) is 29.7 Å². The van der Waals surface area contributed by atoms with Crippen molar-refractivity contribution in [3.8, 4) is 5.75 Å². The van der Waals surface area contributed by atoms with Crippen LogP contribution in [0.25, 0.3) is 0 Å². The molecule has 2 heterocycles. The zero-order valence-electron chi connectivity index (χ0n) is 18.0. The Labute approximate surface area is 192 Å². The van der Waals surface area contributed by atoms with Crippen LogP contribution in [-0.2, 0) is 25.9 Å². The van der Waals surface area contributed by atoms with Gasteiger partial charge in [0.1, 0.15) is 5.75 Å². The molecule has 4 rings (SSSR count). The Morgan fingerprint density at radius 3 is 2.48 bits per heavy atom. The van der Waals surface area contributed by atoms with Gasteiger partial charge in [-0.2, -0.15) is 0 Å². The monoisotopic (exact) mass is 474 g/mol. The Morgan fingerprint density at radius 2 is 1.82 bits per heavy atom. The van der Waals surface area contributed by atoms with Crippen molar-refractivity contribution in [1.29, 1.82) is 0 Å². The van der Waals surface area contributed by atoms with Crippen LogP contribution < -0.4 is 10.2 Å². The quantitative estimate of drug-likeness (QED) is 0.341. The van der Waals surface area contributed by atoms with Crippen molar-refractivity contribution < 1.29 is 32.7 Å². The van der Waals surface area contributed by atoms with Gasteiger partial charge in [0.2, 0.25) is 0 Å². The highest BCUT2D eigenvalue weighted by Crippen LogP contribution is 2.35. The Hall–Kier alpha value is -2.95. The number of hydrogen-bond donors (Lipinski definition) is 2. The Balaban J connectivity index is 1.35. The van der Waals surface area contributed by atoms with Gasteiger partial charge in [0.25, 0.3) is 11.8 Å². The fourth-order valence-corrected chi connectivity index (χ4v) is 6.24. The minimum absolute atomic E-state index is 0.0223. The van der Waals surface area contributed by atoms with E-state index in [-0.39, 0.29) is 36.9 Å². The summed E-state index contributed by atoms with van der Waals surface area (Å²) < 4.78 is 35.6. The molecule has 1 fully saturated rings. The van der Waals surface area contributed by atoms with Crippen molar-refractivity contribution in [3.05, 3.63) is 59.7 Å². The van der Waals surface area contributed by atoms with Crippen LogP contribution in [0, 0.1) is 0 Å². The number of hydrogen-bond acceptors (Lipinski definition) is 7. The van der Waals surface area contributed by atoms with Gasteiger partial charge < -0.3 is 14.4 Å². The van der Waals surface area contributed by atoms with Gasteiger partial charge in [-0.25, -0.2) is 13.9 Å². The molecule has 2 aromatic rings. The lowest BCUT2D eigenvalue weighted by atomic mass is 9.98. The lowest BCUT2D eigenvalue weighted by Crippen LogP contribution is -2.54. The number of amides is 2. The number of sulfone groups is 1. The number of fused-ring (bicyclic) bond motifs is 1. The summed E-state index contributed by atoms with van der Waals surface area (Å²) in [6.45, 7) is 1.73. The number of hydroxylamine groups is 1. The van der Waals surface area contributed by atoms with Crippen molar-refractivity contribution >= 4 is 21.7 Å². The lowest BCUT2D eigenvalue weighted by molar-refractivity contribution is -0.134. The summed E-state index contributed by atoms with van der Waals surface area (Å²) in [5.74, 6) is -0.448. The SMILES string of the molecule is O=C1c2ccccc2CN1CCCOc1ccc(S(=O)(=O)C2(C(=O)NO)CCOCC2)cc1. The summed E-state index contributed by atoms with van der Waals surface area (Å²) in [6, 6.07) is 13.4. The number of carbonyl (C=O) groups excluding carboxylic acids is 2. The summed E-state index contributed by atoms with van der Waals surface area (Å²) in [6.07, 6.45) is 0.539. The van der Waals surface area contributed by atoms with Gasteiger partial charge in [0.05, 0.1) is 11.5 Å². The smallest absolute Gasteiger partial charge is 0.265 e. The topological polar surface area (TPSA) is 122 Å². The summed E-state index contributed by atoms with van der Waals surface area (Å²) >= 11 is 0. The molecule has 0 spiro atoms. The van der Waals surface area contributed by atoms with Gasteiger partial charge in [-0.3, -0.25) is 14.8 Å². The van der Waals surface area contributed by atoms with Crippen molar-refractivity contribution in [2.24, 2.45) is 0 Å². The lowest BCUT2D eigenvalue weighted by Gasteiger charge is -2.34. The maximum atomic E-state index is 13.2. The number of nitrogens with one attached hydrogen (secondary N) is 1. The fourth-order valence-electron chi connectivity index (χ4n) is 4.30. The van der Waals surface area contributed by atoms with E-state index in [1.54, 1.807) is 4.90 Å². The molecule has 2 amide bonds. The van der Waals surface area contributed by atoms with Crippen LogP contribution >= 0.6 is 0 Å². The molecule has 0 unspecified atom stereocenters. The Morgan fingerprint density at radius 1 is 1.12 bits per heavy atom. The number of benzene rings is 2. The number of nitrogens with zero attached hydrogens (tertiary/aromatic N) is 1. The molecule has 2 aliphatic rings. The first kappa shape index (κ1) is 23.2. The maximum absolute atomic E-state index is 13.2. The molecule has 2 aromatic carbocycles. The highest BCUT2D eigenvalue weighted by molar-refractivity contribution is 7.93. The van der Waals surface area contributed by atoms with Crippen LogP contribution in [0.4, 0.5) is 0 Å². The zero-order chi connectivity index (χ0) is 23.5. The van der Waals surface area contributed by atoms with E-state index in [4.69, 9.17) is 14.7 Å². The van der Waals surface area contributed by atoms with Crippen LogP contribution in [0.3, 0.4) is 0 Å². The molecule has 176 valence electrons. The summed E-state index contributed by atoms with van der Waals surface area (Å²) in [5.41, 5.74) is 3.27. The van der Waals surface area contributed by atoms with Gasteiger partial charge in [-0.15, -0.1) is 0 Å². The molecule has 10 heteroatoms. The molecular weight excluding hydrogens is 448 g/mol. The number of ether oxygens (including phenoxy) is 2. The van der Waals surface area contributed by atoms with Gasteiger partial charge in [-0.1, -0.05) is 18.2 Å². The average Bonchev–Trinajstić information content (AvgIpc) is 3.17. The molecule has 0 bridgehead atoms. The predicted octanol–water partition coefficient (Wildman–Crippen LogP) is 1.94. The molecule has 33 heavy (non-hydrogen) atoms. The van der Waals surface area contributed by atoms with Crippen LogP contribution in [0.2, 0.25) is 0 Å². The van der Waals surface area contributed by atoms with E-state index in [1.807, 2.05) is 24.3 Å². The molecule has 0 radical (unpaired) electrons. The molecule has 0 saturated carbocycles. The van der Waals surface area contributed by atoms with Crippen LogP contribution in [0.15, 0.2) is 53.4 Å². The fraction of sp³-hybridized carbons (Fsp3) is 0.391. The summed E-state index contributed by atoms with van der Waals surface area (Å²) in [7, 11) is -4.07. The second-order valence-electron chi connectivity index (χ2n) is 8.11. The normalized spacial score (nSPS) is 17.5. The molecular formula is C23H26N2O7S. The van der Waals surface area contributed by atoms with Gasteiger partial charge in [0, 0.05) is 31.9 Å². The van der Waals surface area contributed by atoms with E-state index < -0.39 is 20.5 Å². The van der Waals surface area contributed by atoms with Crippen LogP contribution in [0.5, 0.6) is 5.75 Å². The van der Waals surface area contributed by atoms with Gasteiger partial charge >= 0.3 is 0 Å². The second kappa shape index (κ2) is 9.50. The highest BCUT2D eigenvalue weighted by atomic mass is 32.2. The van der Waals surface area contributed by atoms with E-state index >= 15 is 0 Å². The zero-order valence-corrected chi connectivity index (χ0v) is 18.8. The minimum Gasteiger partial charge on any atom is -0.494 e. The third-order valence-electron chi connectivity index (χ3n) is 6.20. The third-order valence-corrected chi connectivity index (χ3v) is 8.72. The molecule has 0 atom stereocenters. The third kappa shape index (κ3) is 4.33. The van der Waals surface area contributed by atoms with Crippen molar-refractivity contribution in [1.82, 2.24) is 10.4 Å². The van der Waals surface area contributed by atoms with Gasteiger partial charge in [-0.05, 0) is 55.2 Å². The largest absolute Gasteiger partial charge is 0.494 e. The maximum Gasteiger partial charge on any atom is 0.265 e. The summed E-state index contributed by atoms with van der Waals surface area (Å²) in [4.78, 5) is 26.5. The van der Waals surface area contributed by atoms with Crippen LogP contribution in [0.1, 0.15) is 35.2 Å². The predicted molar refractivity (Wildman–Crippen MR) is 118 cm³/mol. The first-order valence-corrected chi connectivity index (χ1v) is 12.2. The first-order valence-electron chi connectivity index (χ1n) is 10.8. The molecule has 0 aromatic heterocycles. The standard InChI is InChI=1S/C23H26N2O7S/c26-21-20-5-2-1-4-17(20)16-25(21)12-3-13-32-18-6-8-19(9-7-18)33(29,30)23(22(27)24-28)10-14-31-15-11-23/h1-2,4-9,28H,3,10-16H2,(H,24,27). The summed E-state index contributed by atoms with van der Waals surface area (Å²) in [5, 5.41) is 9.12. The van der Waals surface area contributed by atoms with Gasteiger partial charge in [0.15, 0.2) is 14.6 Å². The van der Waals surface area contributed by atoms with E-state index in [0.29, 0.717) is 31.9 Å². The molecule has 1 saturated heterocycles. The number of rotatable bonds is 8. The molecule has 9 nitrogen and oxygen atoms in total. The van der Waals surface area contributed by atoms with Crippen molar-refractivity contribution in [3.63, 3.8) is 0 Å². The van der Waals surface area contributed by atoms with Crippen LogP contribution in [-0.4, -0.2) is 61.5 Å². The minimum atomic E-state index is -4.07. The van der Waals surface area contributed by atoms with Crippen molar-refractivity contribution in [2.75, 3.05) is 26.4 Å². The number of carbonyl (C=O) groups is 2.